The molecule has 0 spiro atoms. The van der Waals surface area contributed by atoms with Crippen LogP contribution in [-0.2, 0) is 9.53 Å². The second-order valence-corrected chi connectivity index (χ2v) is 3.86. The Morgan fingerprint density at radius 2 is 2.11 bits per heavy atom. The second-order valence-electron chi connectivity index (χ2n) is 3.86. The predicted molar refractivity (Wildman–Crippen MR) is 72.0 cm³/mol. The molecule has 1 heterocycles. The normalized spacial score (nSPS) is 9.79. The third-order valence-corrected chi connectivity index (χ3v) is 2.28. The third kappa shape index (κ3) is 5.37. The molecular formula is C13H19N3O3. The van der Waals surface area contributed by atoms with Crippen LogP contribution in [-0.4, -0.2) is 36.6 Å². The zero-order valence-corrected chi connectivity index (χ0v) is 11.2. The fourth-order valence-corrected chi connectivity index (χ4v) is 1.33. The zero-order valence-electron chi connectivity index (χ0n) is 11.2. The smallest absolute Gasteiger partial charge is 0.339 e. The molecule has 19 heavy (non-hydrogen) atoms. The summed E-state index contributed by atoms with van der Waals surface area (Å²) < 4.78 is 4.85. The zero-order chi connectivity index (χ0) is 14.1. The maximum absolute atomic E-state index is 11.4. The quantitative estimate of drug-likeness (QED) is 0.724. The van der Waals surface area contributed by atoms with E-state index < -0.39 is 5.97 Å². The Morgan fingerprint density at radius 3 is 2.68 bits per heavy atom. The number of hydrogen-bond donors (Lipinski definition) is 2. The summed E-state index contributed by atoms with van der Waals surface area (Å²) in [6, 6.07) is 3.25. The predicted octanol–water partition coefficient (Wildman–Crippen LogP) is 1.20. The van der Waals surface area contributed by atoms with Crippen molar-refractivity contribution >= 4 is 17.7 Å². The van der Waals surface area contributed by atoms with Gasteiger partial charge in [0.05, 0.1) is 18.7 Å². The van der Waals surface area contributed by atoms with E-state index in [1.54, 1.807) is 19.1 Å². The highest BCUT2D eigenvalue weighted by Crippen LogP contribution is 2.06. The minimum absolute atomic E-state index is 0.0851. The molecule has 1 aromatic rings. The molecule has 0 aliphatic carbocycles. The van der Waals surface area contributed by atoms with Crippen LogP contribution in [0.1, 0.15) is 30.6 Å². The van der Waals surface area contributed by atoms with Gasteiger partial charge in [0, 0.05) is 12.7 Å². The Bertz CT molecular complexity index is 418. The highest BCUT2D eigenvalue weighted by molar-refractivity contribution is 5.89. The van der Waals surface area contributed by atoms with E-state index in [-0.39, 0.29) is 12.5 Å². The Labute approximate surface area is 112 Å². The van der Waals surface area contributed by atoms with Crippen LogP contribution < -0.4 is 10.6 Å². The van der Waals surface area contributed by atoms with Crippen molar-refractivity contribution in [2.45, 2.75) is 20.3 Å². The molecule has 0 saturated heterocycles. The molecule has 0 aliphatic rings. The summed E-state index contributed by atoms with van der Waals surface area (Å²) in [7, 11) is 0. The van der Waals surface area contributed by atoms with E-state index in [4.69, 9.17) is 4.74 Å². The van der Waals surface area contributed by atoms with Crippen LogP contribution in [0, 0.1) is 0 Å². The summed E-state index contributed by atoms with van der Waals surface area (Å²) >= 11 is 0. The van der Waals surface area contributed by atoms with Gasteiger partial charge in [-0.15, -0.1) is 0 Å². The van der Waals surface area contributed by atoms with Gasteiger partial charge in [0.25, 0.3) is 0 Å². The van der Waals surface area contributed by atoms with Gasteiger partial charge in [-0.3, -0.25) is 4.79 Å². The van der Waals surface area contributed by atoms with E-state index in [1.807, 2.05) is 6.92 Å². The van der Waals surface area contributed by atoms with Crippen molar-refractivity contribution in [1.82, 2.24) is 10.3 Å². The van der Waals surface area contributed by atoms with Crippen LogP contribution in [0.4, 0.5) is 5.82 Å². The van der Waals surface area contributed by atoms with Gasteiger partial charge in [0.1, 0.15) is 5.82 Å². The highest BCUT2D eigenvalue weighted by atomic mass is 16.5. The van der Waals surface area contributed by atoms with Crippen molar-refractivity contribution in [3.63, 3.8) is 0 Å². The number of amides is 1. The Balaban J connectivity index is 2.44. The molecule has 1 amide bonds. The minimum Gasteiger partial charge on any atom is -0.462 e. The van der Waals surface area contributed by atoms with Gasteiger partial charge in [0.15, 0.2) is 0 Å². The van der Waals surface area contributed by atoms with E-state index in [1.165, 1.54) is 6.20 Å². The van der Waals surface area contributed by atoms with Crippen LogP contribution in [0.15, 0.2) is 18.3 Å². The van der Waals surface area contributed by atoms with Crippen molar-refractivity contribution in [1.29, 1.82) is 0 Å². The van der Waals surface area contributed by atoms with Crippen LogP contribution in [0.3, 0.4) is 0 Å². The summed E-state index contributed by atoms with van der Waals surface area (Å²) in [6.45, 7) is 4.89. The monoisotopic (exact) mass is 265 g/mol. The molecule has 0 fully saturated rings. The van der Waals surface area contributed by atoms with Crippen LogP contribution in [0.5, 0.6) is 0 Å². The molecule has 0 unspecified atom stereocenters. The summed E-state index contributed by atoms with van der Waals surface area (Å²) in [5, 5.41) is 5.62. The fraction of sp³-hybridized carbons (Fsp3) is 0.462. The number of nitrogens with one attached hydrogen (secondary N) is 2. The van der Waals surface area contributed by atoms with Crippen molar-refractivity contribution in [2.75, 3.05) is 25.0 Å². The first-order valence-electron chi connectivity index (χ1n) is 6.31. The number of pyridine rings is 1. The van der Waals surface area contributed by atoms with Crippen molar-refractivity contribution < 1.29 is 14.3 Å². The number of carbonyl (C=O) groups excluding carboxylic acids is 2. The standard InChI is InChI=1S/C13H19N3O3/c1-3-7-14-12(17)9-16-11-6-5-10(8-15-11)13(18)19-4-2/h5-6,8H,3-4,7,9H2,1-2H3,(H,14,17)(H,15,16). The van der Waals surface area contributed by atoms with Gasteiger partial charge >= 0.3 is 5.97 Å². The molecule has 1 aromatic heterocycles. The first-order chi connectivity index (χ1) is 9.17. The lowest BCUT2D eigenvalue weighted by molar-refractivity contribution is -0.119. The van der Waals surface area contributed by atoms with Gasteiger partial charge in [-0.1, -0.05) is 6.92 Å². The van der Waals surface area contributed by atoms with Crippen LogP contribution >= 0.6 is 0 Å². The number of rotatable bonds is 7. The molecule has 6 heteroatoms. The van der Waals surface area contributed by atoms with E-state index in [9.17, 15) is 9.59 Å². The largest absolute Gasteiger partial charge is 0.462 e. The van der Waals surface area contributed by atoms with E-state index in [0.29, 0.717) is 24.5 Å². The van der Waals surface area contributed by atoms with Crippen LogP contribution in [0.25, 0.3) is 0 Å². The first-order valence-corrected chi connectivity index (χ1v) is 6.31. The summed E-state index contributed by atoms with van der Waals surface area (Å²) in [5.41, 5.74) is 0.392. The SMILES string of the molecule is CCCNC(=O)CNc1ccc(C(=O)OCC)cn1. The Hall–Kier alpha value is -2.11. The number of aromatic nitrogens is 1. The second kappa shape index (κ2) is 8.07. The van der Waals surface area contributed by atoms with Gasteiger partial charge in [0.2, 0.25) is 5.91 Å². The van der Waals surface area contributed by atoms with Gasteiger partial charge in [-0.25, -0.2) is 9.78 Å². The molecular weight excluding hydrogens is 246 g/mol. The molecule has 6 nitrogen and oxygen atoms in total. The molecule has 0 radical (unpaired) electrons. The van der Waals surface area contributed by atoms with E-state index >= 15 is 0 Å². The minimum atomic E-state index is -0.401. The molecule has 0 atom stereocenters. The molecule has 0 aromatic carbocycles. The van der Waals surface area contributed by atoms with Crippen molar-refractivity contribution in [3.05, 3.63) is 23.9 Å². The maximum Gasteiger partial charge on any atom is 0.339 e. The average Bonchev–Trinajstić information content (AvgIpc) is 2.43. The topological polar surface area (TPSA) is 80.3 Å². The molecule has 1 rings (SSSR count). The molecule has 104 valence electrons. The molecule has 0 aliphatic heterocycles. The number of esters is 1. The first kappa shape index (κ1) is 14.9. The van der Waals surface area contributed by atoms with Gasteiger partial charge in [-0.2, -0.15) is 0 Å². The maximum atomic E-state index is 11.4. The third-order valence-electron chi connectivity index (χ3n) is 2.28. The Morgan fingerprint density at radius 1 is 1.32 bits per heavy atom. The number of anilines is 1. The number of carbonyl (C=O) groups is 2. The molecule has 2 N–H and O–H groups in total. The molecule has 0 saturated carbocycles. The van der Waals surface area contributed by atoms with Crippen molar-refractivity contribution in [3.8, 4) is 0 Å². The lowest BCUT2D eigenvalue weighted by Gasteiger charge is -2.07. The lowest BCUT2D eigenvalue weighted by Crippen LogP contribution is -2.30. The summed E-state index contributed by atoms with van der Waals surface area (Å²) in [6.07, 6.45) is 2.32. The van der Waals surface area contributed by atoms with Crippen LogP contribution in [0.2, 0.25) is 0 Å². The number of hydrogen-bond acceptors (Lipinski definition) is 5. The highest BCUT2D eigenvalue weighted by Gasteiger charge is 2.07. The lowest BCUT2D eigenvalue weighted by atomic mass is 10.3. The number of ether oxygens (including phenoxy) is 1. The van der Waals surface area contributed by atoms with E-state index in [0.717, 1.165) is 6.42 Å². The van der Waals surface area contributed by atoms with Gasteiger partial charge in [-0.05, 0) is 25.5 Å². The Kier molecular flexibility index (Phi) is 6.35. The molecule has 0 bridgehead atoms. The summed E-state index contributed by atoms with van der Waals surface area (Å²) in [5.74, 6) is 0.0556. The number of nitrogens with zero attached hydrogens (tertiary/aromatic N) is 1. The average molecular weight is 265 g/mol. The fourth-order valence-electron chi connectivity index (χ4n) is 1.33. The van der Waals surface area contributed by atoms with Gasteiger partial charge < -0.3 is 15.4 Å². The van der Waals surface area contributed by atoms with E-state index in [2.05, 4.69) is 15.6 Å². The summed E-state index contributed by atoms with van der Waals surface area (Å²) in [4.78, 5) is 26.8. The van der Waals surface area contributed by atoms with Crippen molar-refractivity contribution in [2.24, 2.45) is 0 Å².